The number of benzene rings is 1. The van der Waals surface area contributed by atoms with Crippen molar-refractivity contribution in [2.24, 2.45) is 5.92 Å². The highest BCUT2D eigenvalue weighted by Gasteiger charge is 2.20. The molecule has 1 saturated heterocycles. The second-order valence-electron chi connectivity index (χ2n) is 7.45. The van der Waals surface area contributed by atoms with Gasteiger partial charge in [-0.15, -0.1) is 5.10 Å². The van der Waals surface area contributed by atoms with Gasteiger partial charge in [0.1, 0.15) is 22.2 Å². The van der Waals surface area contributed by atoms with E-state index in [4.69, 9.17) is 9.57 Å². The molecule has 0 unspecified atom stereocenters. The molecule has 4 aromatic rings. The monoisotopic (exact) mass is 406 g/mol. The van der Waals surface area contributed by atoms with Crippen LogP contribution in [0.5, 0.6) is 5.88 Å². The second-order valence-corrected chi connectivity index (χ2v) is 7.45. The average Bonchev–Trinajstić information content (AvgIpc) is 3.37. The van der Waals surface area contributed by atoms with Crippen LogP contribution in [0.25, 0.3) is 16.6 Å². The highest BCUT2D eigenvalue weighted by Crippen LogP contribution is 2.23. The Balaban J connectivity index is 1.42. The molecule has 1 aromatic carbocycles. The van der Waals surface area contributed by atoms with Crippen molar-refractivity contribution >= 4 is 22.5 Å². The van der Waals surface area contributed by atoms with Gasteiger partial charge < -0.3 is 19.3 Å². The highest BCUT2D eigenvalue weighted by atomic mass is 16.7. The first-order valence-electron chi connectivity index (χ1n) is 10.0. The lowest BCUT2D eigenvalue weighted by molar-refractivity contribution is 0.0641. The molecule has 0 aliphatic carbocycles. The number of fused-ring (bicyclic) bond motifs is 2. The number of nitrogens with one attached hydrogen (secondary N) is 1. The topological polar surface area (TPSA) is 95.6 Å². The number of aryl methyl sites for hydroxylation is 1. The van der Waals surface area contributed by atoms with Crippen molar-refractivity contribution in [1.82, 2.24) is 29.9 Å². The Morgan fingerprint density at radius 1 is 1.20 bits per heavy atom. The molecule has 1 aliphatic rings. The van der Waals surface area contributed by atoms with Crippen LogP contribution in [0.1, 0.15) is 29.0 Å². The summed E-state index contributed by atoms with van der Waals surface area (Å²) in [5, 5.41) is 11.2. The standard InChI is InChI=1S/C21H22N6O3/c1-14-6-7-18-21(30-27-17-5-3-2-4-16(17)24-25-27)23-13-19(26(14)18)20(28)22-12-15-8-10-29-11-9-15/h2-7,13,15H,8-12H2,1H3,(H,22,28). The van der Waals surface area contributed by atoms with Gasteiger partial charge in [-0.25, -0.2) is 4.98 Å². The molecule has 9 heteroatoms. The molecule has 5 rings (SSSR count). The van der Waals surface area contributed by atoms with E-state index in [1.165, 1.54) is 11.0 Å². The van der Waals surface area contributed by atoms with Crippen LogP contribution in [0.15, 0.2) is 42.6 Å². The van der Waals surface area contributed by atoms with Crippen LogP contribution in [0.3, 0.4) is 0 Å². The molecule has 0 atom stereocenters. The summed E-state index contributed by atoms with van der Waals surface area (Å²) in [7, 11) is 0. The molecule has 1 amide bonds. The molecule has 0 saturated carbocycles. The van der Waals surface area contributed by atoms with Crippen molar-refractivity contribution in [1.29, 1.82) is 0 Å². The summed E-state index contributed by atoms with van der Waals surface area (Å²) < 4.78 is 7.23. The van der Waals surface area contributed by atoms with Gasteiger partial charge in [0.15, 0.2) is 0 Å². The Morgan fingerprint density at radius 2 is 2.03 bits per heavy atom. The van der Waals surface area contributed by atoms with Gasteiger partial charge in [-0.2, -0.15) is 0 Å². The molecule has 1 aliphatic heterocycles. The lowest BCUT2D eigenvalue weighted by Crippen LogP contribution is -2.33. The average molecular weight is 406 g/mol. The van der Waals surface area contributed by atoms with E-state index in [2.05, 4.69) is 20.6 Å². The van der Waals surface area contributed by atoms with Gasteiger partial charge in [0.25, 0.3) is 11.8 Å². The third-order valence-electron chi connectivity index (χ3n) is 5.46. The SMILES string of the molecule is Cc1ccc2c(On3nnc4ccccc43)ncc(C(=O)NCC3CCOCC3)n12. The van der Waals surface area contributed by atoms with Gasteiger partial charge in [-0.1, -0.05) is 17.0 Å². The molecule has 9 nitrogen and oxygen atoms in total. The van der Waals surface area contributed by atoms with Gasteiger partial charge in [0.05, 0.1) is 6.20 Å². The number of amides is 1. The number of para-hydroxylation sites is 1. The summed E-state index contributed by atoms with van der Waals surface area (Å²) in [5.74, 6) is 0.635. The van der Waals surface area contributed by atoms with E-state index in [1.54, 1.807) is 0 Å². The van der Waals surface area contributed by atoms with Crippen LogP contribution in [0.2, 0.25) is 0 Å². The van der Waals surface area contributed by atoms with Crippen LogP contribution < -0.4 is 10.2 Å². The molecule has 4 heterocycles. The number of nitrogens with zero attached hydrogens (tertiary/aromatic N) is 5. The summed E-state index contributed by atoms with van der Waals surface area (Å²) in [6.45, 7) is 4.09. The molecule has 1 fully saturated rings. The van der Waals surface area contributed by atoms with E-state index in [0.717, 1.165) is 42.8 Å². The Morgan fingerprint density at radius 3 is 2.90 bits per heavy atom. The number of hydrogen-bond acceptors (Lipinski definition) is 6. The lowest BCUT2D eigenvalue weighted by atomic mass is 10.0. The van der Waals surface area contributed by atoms with E-state index in [1.807, 2.05) is 47.7 Å². The molecular weight excluding hydrogens is 384 g/mol. The zero-order valence-corrected chi connectivity index (χ0v) is 16.6. The Hall–Kier alpha value is -3.46. The van der Waals surface area contributed by atoms with Crippen molar-refractivity contribution in [3.05, 3.63) is 54.0 Å². The molecule has 0 radical (unpaired) electrons. The van der Waals surface area contributed by atoms with Crippen molar-refractivity contribution in [3.8, 4) is 5.88 Å². The predicted octanol–water partition coefficient (Wildman–Crippen LogP) is 2.39. The molecule has 3 aromatic heterocycles. The lowest BCUT2D eigenvalue weighted by Gasteiger charge is -2.22. The molecule has 0 bridgehead atoms. The van der Waals surface area contributed by atoms with E-state index < -0.39 is 0 Å². The molecule has 154 valence electrons. The molecular formula is C21H22N6O3. The van der Waals surface area contributed by atoms with Crippen LogP contribution in [0.4, 0.5) is 0 Å². The minimum absolute atomic E-state index is 0.156. The summed E-state index contributed by atoms with van der Waals surface area (Å²) in [6.07, 6.45) is 3.47. The zero-order chi connectivity index (χ0) is 20.5. The molecule has 30 heavy (non-hydrogen) atoms. The van der Waals surface area contributed by atoms with Crippen molar-refractivity contribution in [2.75, 3.05) is 19.8 Å². The fourth-order valence-electron chi connectivity index (χ4n) is 3.77. The van der Waals surface area contributed by atoms with Gasteiger partial charge >= 0.3 is 0 Å². The van der Waals surface area contributed by atoms with Crippen molar-refractivity contribution < 1.29 is 14.4 Å². The highest BCUT2D eigenvalue weighted by molar-refractivity contribution is 5.93. The Bertz CT molecular complexity index is 1210. The normalized spacial score (nSPS) is 15.0. The Kier molecular flexibility index (Phi) is 4.80. The first kappa shape index (κ1) is 18.6. The Labute approximate surface area is 172 Å². The van der Waals surface area contributed by atoms with Gasteiger partial charge in [0, 0.05) is 25.5 Å². The number of hydrogen-bond donors (Lipinski definition) is 1. The largest absolute Gasteiger partial charge is 0.381 e. The maximum Gasteiger partial charge on any atom is 0.273 e. The second kappa shape index (κ2) is 7.75. The van der Waals surface area contributed by atoms with E-state index in [0.29, 0.717) is 29.6 Å². The first-order chi connectivity index (χ1) is 14.7. The third-order valence-corrected chi connectivity index (χ3v) is 5.46. The van der Waals surface area contributed by atoms with Crippen LogP contribution in [-0.4, -0.2) is 50.2 Å². The minimum atomic E-state index is -0.156. The zero-order valence-electron chi connectivity index (χ0n) is 16.6. The summed E-state index contributed by atoms with van der Waals surface area (Å²) in [6, 6.07) is 11.3. The predicted molar refractivity (Wildman–Crippen MR) is 109 cm³/mol. The van der Waals surface area contributed by atoms with Crippen LogP contribution in [-0.2, 0) is 4.74 Å². The number of carbonyl (C=O) groups excluding carboxylic acids is 1. The van der Waals surface area contributed by atoms with Crippen molar-refractivity contribution in [2.45, 2.75) is 19.8 Å². The fraction of sp³-hybridized carbons (Fsp3) is 0.333. The first-order valence-corrected chi connectivity index (χ1v) is 10.0. The van der Waals surface area contributed by atoms with Crippen LogP contribution >= 0.6 is 0 Å². The summed E-state index contributed by atoms with van der Waals surface area (Å²) >= 11 is 0. The molecule has 0 spiro atoms. The van der Waals surface area contributed by atoms with E-state index in [-0.39, 0.29) is 5.91 Å². The maximum absolute atomic E-state index is 12.9. The summed E-state index contributed by atoms with van der Waals surface area (Å²) in [4.78, 5) is 24.5. The number of aromatic nitrogens is 5. The van der Waals surface area contributed by atoms with Crippen molar-refractivity contribution in [3.63, 3.8) is 0 Å². The quantitative estimate of drug-likeness (QED) is 0.547. The number of ether oxygens (including phenoxy) is 1. The van der Waals surface area contributed by atoms with Crippen LogP contribution in [0, 0.1) is 12.8 Å². The van der Waals surface area contributed by atoms with Gasteiger partial charge in [-0.05, 0) is 55.2 Å². The fourth-order valence-corrected chi connectivity index (χ4v) is 3.77. The minimum Gasteiger partial charge on any atom is -0.381 e. The van der Waals surface area contributed by atoms with E-state index >= 15 is 0 Å². The third kappa shape index (κ3) is 3.37. The summed E-state index contributed by atoms with van der Waals surface area (Å²) in [5.41, 5.74) is 3.53. The maximum atomic E-state index is 12.9. The number of carbonyl (C=O) groups is 1. The smallest absolute Gasteiger partial charge is 0.273 e. The van der Waals surface area contributed by atoms with Gasteiger partial charge in [-0.3, -0.25) is 4.79 Å². The van der Waals surface area contributed by atoms with Gasteiger partial charge in [0.2, 0.25) is 0 Å². The van der Waals surface area contributed by atoms with E-state index in [9.17, 15) is 4.79 Å². The molecule has 1 N–H and O–H groups in total. The number of rotatable bonds is 5.